The van der Waals surface area contributed by atoms with Gasteiger partial charge in [-0.05, 0) is 12.5 Å². The number of nitrogens with two attached hydrogens (primary N) is 1. The summed E-state index contributed by atoms with van der Waals surface area (Å²) in [6.07, 6.45) is 0. The van der Waals surface area contributed by atoms with Crippen LogP contribution < -0.4 is 5.73 Å². The third kappa shape index (κ3) is 2.42. The lowest BCUT2D eigenvalue weighted by molar-refractivity contribution is 0.831. The highest BCUT2D eigenvalue weighted by atomic mass is 32.1. The maximum absolute atomic E-state index is 6.22. The van der Waals surface area contributed by atoms with E-state index in [1.54, 1.807) is 11.3 Å². The molecule has 96 valence electrons. The number of thiazole rings is 1. The highest BCUT2D eigenvalue weighted by Gasteiger charge is 2.17. The fraction of sp³-hybridized carbons (Fsp3) is 0.154. The third-order valence-corrected chi connectivity index (χ3v) is 4.89. The summed E-state index contributed by atoms with van der Waals surface area (Å²) in [5, 5.41) is 10.2. The molecule has 6 heteroatoms. The zero-order valence-electron chi connectivity index (χ0n) is 10.3. The summed E-state index contributed by atoms with van der Waals surface area (Å²) in [6.45, 7) is 1.98. The van der Waals surface area contributed by atoms with E-state index in [4.69, 9.17) is 5.73 Å². The first-order chi connectivity index (χ1) is 9.25. The summed E-state index contributed by atoms with van der Waals surface area (Å²) in [6, 6.07) is 9.71. The van der Waals surface area contributed by atoms with E-state index in [1.165, 1.54) is 11.3 Å². The Bertz CT molecular complexity index is 675. The Hall–Kier alpha value is -1.63. The molecule has 0 fully saturated rings. The molecule has 2 heterocycles. The van der Waals surface area contributed by atoms with Crippen LogP contribution in [0.3, 0.4) is 0 Å². The molecule has 2 N–H and O–H groups in total. The van der Waals surface area contributed by atoms with Crippen molar-refractivity contribution in [2.24, 2.45) is 5.73 Å². The summed E-state index contributed by atoms with van der Waals surface area (Å²) in [5.74, 6) is 0. The molecule has 1 aromatic carbocycles. The molecule has 0 radical (unpaired) electrons. The molecule has 4 nitrogen and oxygen atoms in total. The van der Waals surface area contributed by atoms with Crippen molar-refractivity contribution in [1.82, 2.24) is 15.2 Å². The lowest BCUT2D eigenvalue weighted by Crippen LogP contribution is -2.11. The van der Waals surface area contributed by atoms with Crippen molar-refractivity contribution in [3.63, 3.8) is 0 Å². The van der Waals surface area contributed by atoms with Crippen molar-refractivity contribution in [3.05, 3.63) is 52.1 Å². The van der Waals surface area contributed by atoms with Crippen LogP contribution in [0.2, 0.25) is 0 Å². The normalized spacial score (nSPS) is 12.5. The lowest BCUT2D eigenvalue weighted by atomic mass is 10.1. The van der Waals surface area contributed by atoms with Crippen molar-refractivity contribution in [1.29, 1.82) is 0 Å². The highest BCUT2D eigenvalue weighted by Crippen LogP contribution is 2.32. The van der Waals surface area contributed by atoms with Gasteiger partial charge >= 0.3 is 0 Å². The number of hydrogen-bond donors (Lipinski definition) is 1. The van der Waals surface area contributed by atoms with Crippen LogP contribution in [0.4, 0.5) is 0 Å². The minimum absolute atomic E-state index is 0.222. The van der Waals surface area contributed by atoms with Gasteiger partial charge in [-0.25, -0.2) is 4.98 Å². The van der Waals surface area contributed by atoms with E-state index in [0.29, 0.717) is 0 Å². The zero-order valence-corrected chi connectivity index (χ0v) is 11.9. The van der Waals surface area contributed by atoms with E-state index in [9.17, 15) is 0 Å². The highest BCUT2D eigenvalue weighted by molar-refractivity contribution is 7.20. The van der Waals surface area contributed by atoms with Gasteiger partial charge in [0.25, 0.3) is 0 Å². The topological polar surface area (TPSA) is 64.7 Å². The van der Waals surface area contributed by atoms with Crippen LogP contribution >= 0.6 is 22.7 Å². The molecule has 3 rings (SSSR count). The van der Waals surface area contributed by atoms with Crippen molar-refractivity contribution in [2.45, 2.75) is 13.0 Å². The van der Waals surface area contributed by atoms with Crippen LogP contribution in [0.25, 0.3) is 9.88 Å². The fourth-order valence-electron chi connectivity index (χ4n) is 1.76. The van der Waals surface area contributed by atoms with Crippen LogP contribution in [0.15, 0.2) is 35.8 Å². The van der Waals surface area contributed by atoms with Crippen LogP contribution in [-0.2, 0) is 0 Å². The molecule has 0 saturated heterocycles. The average Bonchev–Trinajstić information content (AvgIpc) is 3.07. The Labute approximate surface area is 119 Å². The molecule has 0 spiro atoms. The average molecular weight is 288 g/mol. The van der Waals surface area contributed by atoms with Gasteiger partial charge < -0.3 is 5.73 Å². The summed E-state index contributed by atoms with van der Waals surface area (Å²) in [5.41, 5.74) is 10.1. The minimum atomic E-state index is -0.222. The maximum atomic E-state index is 6.22. The fourth-order valence-corrected chi connectivity index (χ4v) is 3.58. The SMILES string of the molecule is Cc1ncsc1-c1nnc(C(N)c2ccccc2)s1. The molecule has 3 aromatic rings. The van der Waals surface area contributed by atoms with E-state index in [1.807, 2.05) is 42.8 Å². The van der Waals surface area contributed by atoms with Crippen LogP contribution in [0.1, 0.15) is 22.3 Å². The quantitative estimate of drug-likeness (QED) is 0.804. The Morgan fingerprint density at radius 3 is 2.63 bits per heavy atom. The Morgan fingerprint density at radius 1 is 1.16 bits per heavy atom. The molecule has 0 aliphatic heterocycles. The summed E-state index contributed by atoms with van der Waals surface area (Å²) < 4.78 is 0. The Kier molecular flexibility index (Phi) is 3.37. The summed E-state index contributed by atoms with van der Waals surface area (Å²) in [4.78, 5) is 5.30. The van der Waals surface area contributed by atoms with E-state index in [2.05, 4.69) is 15.2 Å². The van der Waals surface area contributed by atoms with Gasteiger partial charge in [-0.15, -0.1) is 21.5 Å². The van der Waals surface area contributed by atoms with Crippen molar-refractivity contribution in [2.75, 3.05) is 0 Å². The van der Waals surface area contributed by atoms with Crippen molar-refractivity contribution >= 4 is 22.7 Å². The number of nitrogens with zero attached hydrogens (tertiary/aromatic N) is 3. The predicted molar refractivity (Wildman–Crippen MR) is 78.2 cm³/mol. The predicted octanol–water partition coefficient (Wildman–Crippen LogP) is 3.02. The smallest absolute Gasteiger partial charge is 0.159 e. The molecule has 0 saturated carbocycles. The molecular formula is C13H12N4S2. The molecule has 0 aliphatic carbocycles. The first-order valence-corrected chi connectivity index (χ1v) is 7.49. The molecule has 0 bridgehead atoms. The second-order valence-corrected chi connectivity index (χ2v) is 5.96. The Morgan fingerprint density at radius 2 is 1.95 bits per heavy atom. The van der Waals surface area contributed by atoms with Crippen molar-refractivity contribution in [3.8, 4) is 9.88 Å². The molecule has 2 aromatic heterocycles. The van der Waals surface area contributed by atoms with Gasteiger partial charge in [-0.1, -0.05) is 41.7 Å². The minimum Gasteiger partial charge on any atom is -0.318 e. The number of rotatable bonds is 3. The summed E-state index contributed by atoms with van der Waals surface area (Å²) >= 11 is 3.11. The van der Waals surface area contributed by atoms with Crippen LogP contribution in [-0.4, -0.2) is 15.2 Å². The molecule has 1 unspecified atom stereocenters. The maximum Gasteiger partial charge on any atom is 0.159 e. The second-order valence-electron chi connectivity index (χ2n) is 4.10. The zero-order chi connectivity index (χ0) is 13.2. The number of aryl methyl sites for hydroxylation is 1. The first-order valence-electron chi connectivity index (χ1n) is 5.80. The van der Waals surface area contributed by atoms with Crippen LogP contribution in [0.5, 0.6) is 0 Å². The van der Waals surface area contributed by atoms with Gasteiger partial charge in [0.1, 0.15) is 5.01 Å². The molecule has 1 atom stereocenters. The monoisotopic (exact) mass is 288 g/mol. The molecule has 0 aliphatic rings. The van der Waals surface area contributed by atoms with Gasteiger partial charge in [-0.3, -0.25) is 0 Å². The number of benzene rings is 1. The molecule has 0 amide bonds. The number of aromatic nitrogens is 3. The van der Waals surface area contributed by atoms with Gasteiger partial charge in [0.2, 0.25) is 0 Å². The van der Waals surface area contributed by atoms with Crippen molar-refractivity contribution < 1.29 is 0 Å². The largest absolute Gasteiger partial charge is 0.318 e. The van der Waals surface area contributed by atoms with E-state index in [0.717, 1.165) is 26.1 Å². The third-order valence-electron chi connectivity index (χ3n) is 2.81. The van der Waals surface area contributed by atoms with Gasteiger partial charge in [0.15, 0.2) is 5.01 Å². The Balaban J connectivity index is 1.92. The standard InChI is InChI=1S/C13H12N4S2/c1-8-11(18-7-15-8)13-17-16-12(19-13)10(14)9-5-3-2-4-6-9/h2-7,10H,14H2,1H3. The lowest BCUT2D eigenvalue weighted by Gasteiger charge is -2.06. The van der Waals surface area contributed by atoms with E-state index < -0.39 is 0 Å². The first kappa shape index (κ1) is 12.4. The van der Waals surface area contributed by atoms with E-state index >= 15 is 0 Å². The second kappa shape index (κ2) is 5.16. The summed E-state index contributed by atoms with van der Waals surface area (Å²) in [7, 11) is 0. The van der Waals surface area contributed by atoms with E-state index in [-0.39, 0.29) is 6.04 Å². The van der Waals surface area contributed by atoms with Gasteiger partial charge in [0, 0.05) is 0 Å². The van der Waals surface area contributed by atoms with Crippen LogP contribution in [0, 0.1) is 6.92 Å². The number of hydrogen-bond acceptors (Lipinski definition) is 6. The van der Waals surface area contributed by atoms with Gasteiger partial charge in [-0.2, -0.15) is 0 Å². The molecular weight excluding hydrogens is 276 g/mol. The molecule has 19 heavy (non-hydrogen) atoms. The van der Waals surface area contributed by atoms with Gasteiger partial charge in [0.05, 0.1) is 22.1 Å².